The molecule has 0 fully saturated rings. The van der Waals surface area contributed by atoms with Crippen LogP contribution in [0.25, 0.3) is 0 Å². The molecule has 1 amide bonds. The number of amides is 1. The second kappa shape index (κ2) is 6.10. The van der Waals surface area contributed by atoms with Crippen LogP contribution in [0.4, 0.5) is 0 Å². The number of hydrogen-bond donors (Lipinski definition) is 0. The summed E-state index contributed by atoms with van der Waals surface area (Å²) in [6.45, 7) is -0.373. The highest BCUT2D eigenvalue weighted by molar-refractivity contribution is 6.39. The van der Waals surface area contributed by atoms with Crippen LogP contribution in [0.5, 0.6) is 0 Å². The molecule has 4 nitrogen and oxygen atoms in total. The van der Waals surface area contributed by atoms with Crippen LogP contribution < -0.4 is 0 Å². The second-order valence-electron chi connectivity index (χ2n) is 3.07. The van der Waals surface area contributed by atoms with E-state index in [1.54, 1.807) is 6.07 Å². The maximum absolute atomic E-state index is 12.0. The van der Waals surface area contributed by atoms with Crippen molar-refractivity contribution in [3.63, 3.8) is 0 Å². The van der Waals surface area contributed by atoms with Crippen molar-refractivity contribution in [3.8, 4) is 12.1 Å². The third-order valence-electron chi connectivity index (χ3n) is 1.99. The van der Waals surface area contributed by atoms with Crippen molar-refractivity contribution in [2.24, 2.45) is 0 Å². The molecule has 0 aliphatic carbocycles. The Bertz CT molecular complexity index is 480. The first-order chi connectivity index (χ1) is 8.11. The Morgan fingerprint density at radius 3 is 2.06 bits per heavy atom. The Hall–Kier alpha value is -1.75. The summed E-state index contributed by atoms with van der Waals surface area (Å²) in [5, 5.41) is 17.6. The summed E-state index contributed by atoms with van der Waals surface area (Å²) < 4.78 is 0. The first kappa shape index (κ1) is 13.3. The first-order valence-corrected chi connectivity index (χ1v) is 5.34. The highest BCUT2D eigenvalue weighted by atomic mass is 35.5. The lowest BCUT2D eigenvalue weighted by molar-refractivity contribution is 0.0795. The molecule has 0 heterocycles. The van der Waals surface area contributed by atoms with E-state index in [0.29, 0.717) is 0 Å². The Labute approximate surface area is 109 Å². The topological polar surface area (TPSA) is 67.9 Å². The molecule has 0 N–H and O–H groups in total. The van der Waals surface area contributed by atoms with Gasteiger partial charge in [-0.25, -0.2) is 0 Å². The molecule has 0 radical (unpaired) electrons. The molecule has 0 aliphatic heterocycles. The van der Waals surface area contributed by atoms with E-state index in [1.807, 2.05) is 12.1 Å². The van der Waals surface area contributed by atoms with Gasteiger partial charge >= 0.3 is 0 Å². The largest absolute Gasteiger partial charge is 0.312 e. The third kappa shape index (κ3) is 3.10. The van der Waals surface area contributed by atoms with Crippen molar-refractivity contribution in [1.29, 1.82) is 10.5 Å². The molecule has 1 aromatic rings. The zero-order valence-electron chi connectivity index (χ0n) is 8.65. The summed E-state index contributed by atoms with van der Waals surface area (Å²) >= 11 is 11.7. The molecule has 6 heteroatoms. The van der Waals surface area contributed by atoms with E-state index in [0.717, 1.165) is 4.90 Å². The Balaban J connectivity index is 3.11. The molecule has 0 aromatic heterocycles. The Morgan fingerprint density at radius 2 is 1.65 bits per heavy atom. The maximum Gasteiger partial charge on any atom is 0.258 e. The van der Waals surface area contributed by atoms with Crippen LogP contribution >= 0.6 is 23.2 Å². The molecule has 0 saturated heterocycles. The lowest BCUT2D eigenvalue weighted by Gasteiger charge is -2.17. The number of carbonyl (C=O) groups is 1. The van der Waals surface area contributed by atoms with Gasteiger partial charge in [0.15, 0.2) is 0 Å². The normalized spacial score (nSPS) is 9.18. The predicted molar refractivity (Wildman–Crippen MR) is 63.6 cm³/mol. The average molecular weight is 268 g/mol. The van der Waals surface area contributed by atoms with Crippen molar-refractivity contribution in [1.82, 2.24) is 4.90 Å². The summed E-state index contributed by atoms with van der Waals surface area (Å²) in [7, 11) is 0. The molecule has 0 bridgehead atoms. The Morgan fingerprint density at radius 1 is 1.18 bits per heavy atom. The van der Waals surface area contributed by atoms with Gasteiger partial charge in [0.05, 0.1) is 27.7 Å². The maximum atomic E-state index is 12.0. The van der Waals surface area contributed by atoms with Crippen LogP contribution in [0.15, 0.2) is 18.2 Å². The number of benzene rings is 1. The van der Waals surface area contributed by atoms with Gasteiger partial charge in [0, 0.05) is 0 Å². The molecule has 1 rings (SSSR count). The number of carbonyl (C=O) groups excluding carboxylic acids is 1. The molecular formula is C11H7Cl2N3O. The number of hydrogen-bond acceptors (Lipinski definition) is 3. The average Bonchev–Trinajstić information content (AvgIpc) is 2.28. The van der Waals surface area contributed by atoms with Gasteiger partial charge in [-0.2, -0.15) is 10.5 Å². The van der Waals surface area contributed by atoms with Crippen molar-refractivity contribution in [2.45, 2.75) is 0 Å². The highest BCUT2D eigenvalue weighted by Crippen LogP contribution is 2.25. The molecule has 86 valence electrons. The summed E-state index contributed by atoms with van der Waals surface area (Å²) in [6.07, 6.45) is 0. The molecule has 0 aliphatic rings. The fraction of sp³-hybridized carbons (Fsp3) is 0.182. The van der Waals surface area contributed by atoms with E-state index in [2.05, 4.69) is 0 Å². The quantitative estimate of drug-likeness (QED) is 0.791. The van der Waals surface area contributed by atoms with E-state index in [1.165, 1.54) is 12.1 Å². The minimum Gasteiger partial charge on any atom is -0.312 e. The van der Waals surface area contributed by atoms with Gasteiger partial charge in [-0.1, -0.05) is 29.3 Å². The third-order valence-corrected chi connectivity index (χ3v) is 2.62. The minimum atomic E-state index is -0.524. The summed E-state index contributed by atoms with van der Waals surface area (Å²) in [4.78, 5) is 13.1. The van der Waals surface area contributed by atoms with Crippen molar-refractivity contribution >= 4 is 29.1 Å². The van der Waals surface area contributed by atoms with Crippen LogP contribution in [0.1, 0.15) is 10.4 Å². The Kier molecular flexibility index (Phi) is 4.78. The number of halogens is 2. The van der Waals surface area contributed by atoms with Crippen molar-refractivity contribution in [3.05, 3.63) is 33.8 Å². The fourth-order valence-electron chi connectivity index (χ4n) is 1.23. The van der Waals surface area contributed by atoms with Crippen LogP contribution in [-0.4, -0.2) is 23.9 Å². The summed E-state index contributed by atoms with van der Waals surface area (Å²) in [5.74, 6) is -0.524. The second-order valence-corrected chi connectivity index (χ2v) is 3.89. The van der Waals surface area contributed by atoms with Gasteiger partial charge in [-0.15, -0.1) is 0 Å². The molecule has 17 heavy (non-hydrogen) atoms. The molecule has 0 saturated carbocycles. The van der Waals surface area contributed by atoms with Crippen molar-refractivity contribution in [2.75, 3.05) is 13.1 Å². The number of rotatable bonds is 3. The summed E-state index contributed by atoms with van der Waals surface area (Å²) in [5.41, 5.74) is 0.112. The molecule has 0 spiro atoms. The number of nitriles is 2. The molecule has 1 aromatic carbocycles. The standard InChI is InChI=1S/C11H7Cl2N3O/c12-8-2-1-3-9(13)10(8)11(17)16(6-4-14)7-5-15/h1-3H,6-7H2. The highest BCUT2D eigenvalue weighted by Gasteiger charge is 2.20. The lowest BCUT2D eigenvalue weighted by atomic mass is 10.2. The van der Waals surface area contributed by atoms with Crippen LogP contribution in [-0.2, 0) is 0 Å². The van der Waals surface area contributed by atoms with E-state index in [-0.39, 0.29) is 28.7 Å². The van der Waals surface area contributed by atoms with Gasteiger partial charge in [0.1, 0.15) is 13.1 Å². The fourth-order valence-corrected chi connectivity index (χ4v) is 1.79. The first-order valence-electron chi connectivity index (χ1n) is 4.59. The zero-order valence-corrected chi connectivity index (χ0v) is 10.2. The van der Waals surface area contributed by atoms with Gasteiger partial charge < -0.3 is 4.90 Å². The van der Waals surface area contributed by atoms with Gasteiger partial charge in [0.2, 0.25) is 0 Å². The van der Waals surface area contributed by atoms with Crippen molar-refractivity contribution < 1.29 is 4.79 Å². The zero-order chi connectivity index (χ0) is 12.8. The van der Waals surface area contributed by atoms with E-state index in [9.17, 15) is 4.79 Å². The monoisotopic (exact) mass is 267 g/mol. The van der Waals surface area contributed by atoms with Crippen LogP contribution in [0, 0.1) is 22.7 Å². The van der Waals surface area contributed by atoms with E-state index >= 15 is 0 Å². The molecule has 0 atom stereocenters. The SMILES string of the molecule is N#CCN(CC#N)C(=O)c1c(Cl)cccc1Cl. The smallest absolute Gasteiger partial charge is 0.258 e. The minimum absolute atomic E-state index is 0.112. The summed E-state index contributed by atoms with van der Waals surface area (Å²) in [6, 6.07) is 8.28. The van der Waals surface area contributed by atoms with Crippen LogP contribution in [0.2, 0.25) is 10.0 Å². The van der Waals surface area contributed by atoms with Gasteiger partial charge in [-0.3, -0.25) is 4.79 Å². The van der Waals surface area contributed by atoms with Gasteiger partial charge in [0.25, 0.3) is 5.91 Å². The van der Waals surface area contributed by atoms with E-state index < -0.39 is 5.91 Å². The van der Waals surface area contributed by atoms with Gasteiger partial charge in [-0.05, 0) is 12.1 Å². The number of nitrogens with zero attached hydrogens (tertiary/aromatic N) is 3. The van der Waals surface area contributed by atoms with Crippen LogP contribution in [0.3, 0.4) is 0 Å². The molecule has 0 unspecified atom stereocenters. The molecular weight excluding hydrogens is 261 g/mol. The predicted octanol–water partition coefficient (Wildman–Crippen LogP) is 2.48. The lowest BCUT2D eigenvalue weighted by Crippen LogP contribution is -2.32. The van der Waals surface area contributed by atoms with E-state index in [4.69, 9.17) is 33.7 Å².